The molecule has 0 fully saturated rings. The summed E-state index contributed by atoms with van der Waals surface area (Å²) in [4.78, 5) is 22.7. The lowest BCUT2D eigenvalue weighted by molar-refractivity contribution is -0.145. The maximum Gasteiger partial charge on any atom is 0.305 e. The molecule has 27 heavy (non-hydrogen) atoms. The van der Waals surface area contributed by atoms with Crippen LogP contribution in [0.5, 0.6) is 0 Å². The average molecular weight is 385 g/mol. The number of rotatable bonds is 20. The predicted octanol–water partition coefficient (Wildman–Crippen LogP) is 6.74. The zero-order chi connectivity index (χ0) is 20.0. The molecule has 0 radical (unpaired) electrons. The van der Waals surface area contributed by atoms with Crippen LogP contribution in [0.2, 0.25) is 0 Å². The van der Waals surface area contributed by atoms with E-state index < -0.39 is 0 Å². The van der Waals surface area contributed by atoms with Gasteiger partial charge in [0.05, 0.1) is 13.2 Å². The van der Waals surface area contributed by atoms with Crippen LogP contribution in [-0.4, -0.2) is 25.2 Å². The van der Waals surface area contributed by atoms with Crippen LogP contribution in [0.25, 0.3) is 0 Å². The summed E-state index contributed by atoms with van der Waals surface area (Å²) in [5.41, 5.74) is 0. The van der Waals surface area contributed by atoms with Crippen LogP contribution >= 0.6 is 0 Å². The third-order valence-corrected chi connectivity index (χ3v) is 4.83. The van der Waals surface area contributed by atoms with Crippen LogP contribution in [0.15, 0.2) is 0 Å². The van der Waals surface area contributed by atoms with Crippen molar-refractivity contribution in [3.8, 4) is 0 Å². The monoisotopic (exact) mass is 384 g/mol. The van der Waals surface area contributed by atoms with Crippen molar-refractivity contribution in [2.75, 3.05) is 13.2 Å². The van der Waals surface area contributed by atoms with E-state index in [9.17, 15) is 9.59 Å². The Labute approximate surface area is 167 Å². The highest BCUT2D eigenvalue weighted by Crippen LogP contribution is 2.13. The minimum atomic E-state index is -0.239. The van der Waals surface area contributed by atoms with Crippen molar-refractivity contribution < 1.29 is 19.1 Å². The molecule has 0 heterocycles. The zero-order valence-electron chi connectivity index (χ0n) is 18.1. The number of carbonyl (C=O) groups excluding carboxylic acids is 2. The van der Waals surface area contributed by atoms with Crippen LogP contribution in [0, 0.1) is 0 Å². The fraction of sp³-hybridized carbons (Fsp3) is 0.913. The molecule has 0 aliphatic carbocycles. The van der Waals surface area contributed by atoms with Crippen molar-refractivity contribution in [1.82, 2.24) is 0 Å². The van der Waals surface area contributed by atoms with Gasteiger partial charge in [-0.1, -0.05) is 90.4 Å². The maximum absolute atomic E-state index is 11.5. The van der Waals surface area contributed by atoms with E-state index in [1.165, 1.54) is 77.0 Å². The third kappa shape index (κ3) is 21.1. The standard InChI is InChI=1S/C23H44O4/c1-3-5-6-7-8-9-10-11-12-13-14-15-16-17-21-27-23(25)20-18-19-22(24)26-4-2/h3-21H2,1-2H3. The molecule has 0 saturated heterocycles. The van der Waals surface area contributed by atoms with Gasteiger partial charge in [0.2, 0.25) is 0 Å². The first kappa shape index (κ1) is 25.9. The lowest BCUT2D eigenvalue weighted by Gasteiger charge is -2.05. The van der Waals surface area contributed by atoms with Crippen LogP contribution < -0.4 is 0 Å². The summed E-state index contributed by atoms with van der Waals surface area (Å²) >= 11 is 0. The van der Waals surface area contributed by atoms with Crippen LogP contribution in [0.4, 0.5) is 0 Å². The molecular weight excluding hydrogens is 340 g/mol. The molecule has 0 aromatic rings. The number of ether oxygens (including phenoxy) is 2. The Morgan fingerprint density at radius 1 is 0.519 bits per heavy atom. The fourth-order valence-corrected chi connectivity index (χ4v) is 3.16. The summed E-state index contributed by atoms with van der Waals surface area (Å²) in [5.74, 6) is -0.439. The highest BCUT2D eigenvalue weighted by atomic mass is 16.5. The van der Waals surface area contributed by atoms with Crippen molar-refractivity contribution in [2.45, 2.75) is 123 Å². The van der Waals surface area contributed by atoms with Gasteiger partial charge in [0.25, 0.3) is 0 Å². The maximum atomic E-state index is 11.5. The molecule has 4 heteroatoms. The van der Waals surface area contributed by atoms with Crippen LogP contribution in [-0.2, 0) is 19.1 Å². The van der Waals surface area contributed by atoms with Crippen molar-refractivity contribution >= 4 is 11.9 Å². The second-order valence-corrected chi connectivity index (χ2v) is 7.48. The lowest BCUT2D eigenvalue weighted by Crippen LogP contribution is -2.08. The molecule has 0 spiro atoms. The minimum Gasteiger partial charge on any atom is -0.466 e. The van der Waals surface area contributed by atoms with Gasteiger partial charge in [-0.25, -0.2) is 0 Å². The largest absolute Gasteiger partial charge is 0.466 e. The third-order valence-electron chi connectivity index (χ3n) is 4.83. The van der Waals surface area contributed by atoms with Gasteiger partial charge in [-0.3, -0.25) is 9.59 Å². The number of carbonyl (C=O) groups is 2. The molecular formula is C23H44O4. The van der Waals surface area contributed by atoms with E-state index in [0.717, 1.165) is 12.8 Å². The highest BCUT2D eigenvalue weighted by molar-refractivity contribution is 5.72. The van der Waals surface area contributed by atoms with Gasteiger partial charge in [-0.05, 0) is 19.8 Å². The van der Waals surface area contributed by atoms with E-state index in [4.69, 9.17) is 9.47 Å². The predicted molar refractivity (Wildman–Crippen MR) is 112 cm³/mol. The second-order valence-electron chi connectivity index (χ2n) is 7.48. The van der Waals surface area contributed by atoms with E-state index in [1.54, 1.807) is 6.92 Å². The van der Waals surface area contributed by atoms with Crippen molar-refractivity contribution in [3.05, 3.63) is 0 Å². The molecule has 0 aromatic carbocycles. The summed E-state index contributed by atoms with van der Waals surface area (Å²) in [6.07, 6.45) is 19.6. The Hall–Kier alpha value is -1.06. The number of hydrogen-bond acceptors (Lipinski definition) is 4. The fourth-order valence-electron chi connectivity index (χ4n) is 3.16. The number of unbranched alkanes of at least 4 members (excludes halogenated alkanes) is 13. The molecule has 0 aromatic heterocycles. The quantitative estimate of drug-likeness (QED) is 0.172. The first-order valence-electron chi connectivity index (χ1n) is 11.5. The molecule has 0 unspecified atom stereocenters. The molecule has 160 valence electrons. The van der Waals surface area contributed by atoms with Crippen molar-refractivity contribution in [1.29, 1.82) is 0 Å². The number of esters is 2. The van der Waals surface area contributed by atoms with Crippen LogP contribution in [0.1, 0.15) is 123 Å². The molecule has 0 aliphatic heterocycles. The van der Waals surface area contributed by atoms with Gasteiger partial charge in [0.1, 0.15) is 0 Å². The zero-order valence-corrected chi connectivity index (χ0v) is 18.1. The van der Waals surface area contributed by atoms with Gasteiger partial charge in [-0.2, -0.15) is 0 Å². The Bertz CT molecular complexity index is 341. The molecule has 0 N–H and O–H groups in total. The topological polar surface area (TPSA) is 52.6 Å². The van der Waals surface area contributed by atoms with E-state index in [0.29, 0.717) is 32.5 Å². The number of hydrogen-bond donors (Lipinski definition) is 0. The van der Waals surface area contributed by atoms with E-state index in [1.807, 2.05) is 0 Å². The van der Waals surface area contributed by atoms with Gasteiger partial charge in [0.15, 0.2) is 0 Å². The molecule has 0 bridgehead atoms. The summed E-state index contributed by atoms with van der Waals surface area (Å²) in [6, 6.07) is 0. The SMILES string of the molecule is CCCCCCCCCCCCCCCCOC(=O)CCCC(=O)OCC. The van der Waals surface area contributed by atoms with Gasteiger partial charge < -0.3 is 9.47 Å². The second kappa shape index (κ2) is 21.2. The molecule has 0 aliphatic rings. The molecule has 0 rings (SSSR count). The van der Waals surface area contributed by atoms with E-state index in [2.05, 4.69) is 6.92 Å². The van der Waals surface area contributed by atoms with E-state index in [-0.39, 0.29) is 11.9 Å². The molecule has 4 nitrogen and oxygen atoms in total. The van der Waals surface area contributed by atoms with Gasteiger partial charge in [-0.15, -0.1) is 0 Å². The highest BCUT2D eigenvalue weighted by Gasteiger charge is 2.06. The van der Waals surface area contributed by atoms with Crippen molar-refractivity contribution in [2.24, 2.45) is 0 Å². The smallest absolute Gasteiger partial charge is 0.305 e. The van der Waals surface area contributed by atoms with Gasteiger partial charge in [0, 0.05) is 12.8 Å². The first-order valence-corrected chi connectivity index (χ1v) is 11.5. The van der Waals surface area contributed by atoms with Gasteiger partial charge >= 0.3 is 11.9 Å². The molecule has 0 atom stereocenters. The summed E-state index contributed by atoms with van der Waals surface area (Å²) in [7, 11) is 0. The summed E-state index contributed by atoms with van der Waals surface area (Å²) in [5, 5.41) is 0. The Morgan fingerprint density at radius 2 is 0.926 bits per heavy atom. The van der Waals surface area contributed by atoms with E-state index >= 15 is 0 Å². The summed E-state index contributed by atoms with van der Waals surface area (Å²) < 4.78 is 10.0. The first-order chi connectivity index (χ1) is 13.2. The summed E-state index contributed by atoms with van der Waals surface area (Å²) in [6.45, 7) is 4.95. The Kier molecular flexibility index (Phi) is 20.4. The molecule has 0 amide bonds. The Balaban J connectivity index is 3.18. The van der Waals surface area contributed by atoms with Crippen molar-refractivity contribution in [3.63, 3.8) is 0 Å². The normalized spacial score (nSPS) is 10.7. The Morgan fingerprint density at radius 3 is 1.37 bits per heavy atom. The van der Waals surface area contributed by atoms with Crippen LogP contribution in [0.3, 0.4) is 0 Å². The average Bonchev–Trinajstić information content (AvgIpc) is 2.65. The lowest BCUT2D eigenvalue weighted by atomic mass is 10.0. The minimum absolute atomic E-state index is 0.200. The molecule has 0 saturated carbocycles.